The van der Waals surface area contributed by atoms with Crippen molar-refractivity contribution in [3.63, 3.8) is 0 Å². The molecule has 132 valence electrons. The van der Waals surface area contributed by atoms with Crippen LogP contribution in [0.15, 0.2) is 35.9 Å². The molecule has 2 aliphatic rings. The van der Waals surface area contributed by atoms with E-state index in [1.165, 1.54) is 50.9 Å². The molecule has 1 N–H and O–H groups in total. The number of nitrogens with zero attached hydrogens (tertiary/aromatic N) is 1. The first kappa shape index (κ1) is 17.7. The molecule has 1 aliphatic heterocycles. The van der Waals surface area contributed by atoms with Crippen molar-refractivity contribution in [2.45, 2.75) is 65.0 Å². The van der Waals surface area contributed by atoms with Crippen LogP contribution in [0.25, 0.3) is 6.08 Å². The standard InChI is InChI=1S/C22H34N2/c1-4-12-24-16-22(17-24)14-20(15-22)23-21(6-3)19(5-2)13-18-10-8-7-9-11-18/h7-11,13,20-21,23H,4-6,12,14-17H2,1-3H3/b19-13+/t21-/m0/s1. The molecule has 1 spiro atoms. The average Bonchev–Trinajstić information content (AvgIpc) is 2.54. The van der Waals surface area contributed by atoms with Gasteiger partial charge in [0.05, 0.1) is 0 Å². The first-order valence-electron chi connectivity index (χ1n) is 9.92. The highest BCUT2D eigenvalue weighted by Crippen LogP contribution is 2.48. The van der Waals surface area contributed by atoms with Gasteiger partial charge in [0.25, 0.3) is 0 Å². The van der Waals surface area contributed by atoms with Crippen LogP contribution in [-0.4, -0.2) is 36.6 Å². The fourth-order valence-electron chi connectivity index (χ4n) is 4.72. The predicted molar refractivity (Wildman–Crippen MR) is 104 cm³/mol. The minimum absolute atomic E-state index is 0.532. The molecule has 24 heavy (non-hydrogen) atoms. The Balaban J connectivity index is 1.53. The second-order valence-corrected chi connectivity index (χ2v) is 7.93. The Hall–Kier alpha value is -1.12. The van der Waals surface area contributed by atoms with E-state index in [9.17, 15) is 0 Å². The summed E-state index contributed by atoms with van der Waals surface area (Å²) in [6.07, 6.45) is 8.75. The van der Waals surface area contributed by atoms with E-state index in [2.05, 4.69) is 67.4 Å². The van der Waals surface area contributed by atoms with Crippen LogP contribution in [0, 0.1) is 5.41 Å². The summed E-state index contributed by atoms with van der Waals surface area (Å²) in [5.74, 6) is 0. The molecule has 1 aromatic carbocycles. The first-order chi connectivity index (χ1) is 11.7. The fraction of sp³-hybridized carbons (Fsp3) is 0.636. The molecule has 3 rings (SSSR count). The van der Waals surface area contributed by atoms with Crippen LogP contribution in [0.3, 0.4) is 0 Å². The van der Waals surface area contributed by atoms with Gasteiger partial charge in [-0.3, -0.25) is 0 Å². The molecule has 0 amide bonds. The Kier molecular flexibility index (Phi) is 5.78. The van der Waals surface area contributed by atoms with Gasteiger partial charge in [-0.2, -0.15) is 0 Å². The van der Waals surface area contributed by atoms with E-state index in [4.69, 9.17) is 0 Å². The van der Waals surface area contributed by atoms with Crippen LogP contribution in [0.5, 0.6) is 0 Å². The molecule has 1 heterocycles. The fourth-order valence-corrected chi connectivity index (χ4v) is 4.72. The Morgan fingerprint density at radius 3 is 2.50 bits per heavy atom. The third-order valence-electron chi connectivity index (χ3n) is 5.87. The smallest absolute Gasteiger partial charge is 0.0282 e. The van der Waals surface area contributed by atoms with Gasteiger partial charge in [-0.25, -0.2) is 0 Å². The van der Waals surface area contributed by atoms with Gasteiger partial charge in [-0.05, 0) is 49.6 Å². The number of nitrogens with one attached hydrogen (secondary N) is 1. The Morgan fingerprint density at radius 2 is 1.92 bits per heavy atom. The Bertz CT molecular complexity index is 534. The van der Waals surface area contributed by atoms with Gasteiger partial charge in [-0.15, -0.1) is 0 Å². The monoisotopic (exact) mass is 326 g/mol. The topological polar surface area (TPSA) is 15.3 Å². The quantitative estimate of drug-likeness (QED) is 0.743. The summed E-state index contributed by atoms with van der Waals surface area (Å²) >= 11 is 0. The minimum atomic E-state index is 0.532. The highest BCUT2D eigenvalue weighted by atomic mass is 15.2. The molecule has 0 radical (unpaired) electrons. The number of hydrogen-bond acceptors (Lipinski definition) is 2. The molecule has 1 atom stereocenters. The molecule has 2 heteroatoms. The SMILES string of the molecule is CCCN1CC2(CC(N[C@@H](CC)/C(=C/c3ccccc3)CC)C2)C1. The maximum absolute atomic E-state index is 3.96. The van der Waals surface area contributed by atoms with E-state index < -0.39 is 0 Å². The zero-order valence-electron chi connectivity index (χ0n) is 15.7. The largest absolute Gasteiger partial charge is 0.307 e. The summed E-state index contributed by atoms with van der Waals surface area (Å²) < 4.78 is 0. The van der Waals surface area contributed by atoms with E-state index in [0.29, 0.717) is 11.5 Å². The van der Waals surface area contributed by atoms with E-state index in [1.54, 1.807) is 5.57 Å². The molecule has 0 aromatic heterocycles. The van der Waals surface area contributed by atoms with Gasteiger partial charge in [0.2, 0.25) is 0 Å². The van der Waals surface area contributed by atoms with Crippen molar-refractivity contribution in [3.05, 3.63) is 41.5 Å². The molecule has 1 saturated carbocycles. The highest BCUT2D eigenvalue weighted by molar-refractivity contribution is 5.53. The molecular weight excluding hydrogens is 292 g/mol. The lowest BCUT2D eigenvalue weighted by Gasteiger charge is -2.60. The van der Waals surface area contributed by atoms with E-state index >= 15 is 0 Å². The number of hydrogen-bond donors (Lipinski definition) is 1. The third kappa shape index (κ3) is 3.92. The predicted octanol–water partition coefficient (Wildman–Crippen LogP) is 4.72. The van der Waals surface area contributed by atoms with Crippen molar-refractivity contribution in [1.29, 1.82) is 0 Å². The maximum Gasteiger partial charge on any atom is 0.0282 e. The first-order valence-corrected chi connectivity index (χ1v) is 9.92. The van der Waals surface area contributed by atoms with Crippen LogP contribution in [0.4, 0.5) is 0 Å². The molecular formula is C22H34N2. The zero-order valence-corrected chi connectivity index (χ0v) is 15.7. The van der Waals surface area contributed by atoms with Gasteiger partial charge in [0.1, 0.15) is 0 Å². The van der Waals surface area contributed by atoms with Gasteiger partial charge < -0.3 is 10.2 Å². The lowest BCUT2D eigenvalue weighted by atomic mass is 9.60. The van der Waals surface area contributed by atoms with Gasteiger partial charge in [0, 0.05) is 25.2 Å². The van der Waals surface area contributed by atoms with Crippen LogP contribution < -0.4 is 5.32 Å². The summed E-state index contributed by atoms with van der Waals surface area (Å²) in [4.78, 5) is 2.63. The molecule has 1 aromatic rings. The summed E-state index contributed by atoms with van der Waals surface area (Å²) in [6.45, 7) is 10.9. The van der Waals surface area contributed by atoms with Crippen LogP contribution in [0.1, 0.15) is 58.4 Å². The van der Waals surface area contributed by atoms with Crippen molar-refractivity contribution < 1.29 is 0 Å². The van der Waals surface area contributed by atoms with Crippen molar-refractivity contribution in [3.8, 4) is 0 Å². The van der Waals surface area contributed by atoms with Gasteiger partial charge in [0.15, 0.2) is 0 Å². The van der Waals surface area contributed by atoms with Crippen molar-refractivity contribution in [2.75, 3.05) is 19.6 Å². The number of benzene rings is 1. The third-order valence-corrected chi connectivity index (χ3v) is 5.87. The zero-order chi connectivity index (χ0) is 17.0. The highest BCUT2D eigenvalue weighted by Gasteiger charge is 2.51. The Labute approximate surface area is 148 Å². The molecule has 0 bridgehead atoms. The van der Waals surface area contributed by atoms with Crippen LogP contribution in [-0.2, 0) is 0 Å². The van der Waals surface area contributed by atoms with Gasteiger partial charge in [-0.1, -0.05) is 62.8 Å². The van der Waals surface area contributed by atoms with Crippen LogP contribution >= 0.6 is 0 Å². The lowest BCUT2D eigenvalue weighted by molar-refractivity contribution is -0.0796. The summed E-state index contributed by atoms with van der Waals surface area (Å²) in [7, 11) is 0. The summed E-state index contributed by atoms with van der Waals surface area (Å²) in [6, 6.07) is 12.0. The number of likely N-dealkylation sites (tertiary alicyclic amines) is 1. The molecule has 1 saturated heterocycles. The molecule has 2 fully saturated rings. The summed E-state index contributed by atoms with van der Waals surface area (Å²) in [5.41, 5.74) is 3.54. The van der Waals surface area contributed by atoms with Crippen molar-refractivity contribution >= 4 is 6.08 Å². The van der Waals surface area contributed by atoms with Crippen molar-refractivity contribution in [1.82, 2.24) is 10.2 Å². The molecule has 0 unspecified atom stereocenters. The average molecular weight is 327 g/mol. The summed E-state index contributed by atoms with van der Waals surface area (Å²) in [5, 5.41) is 3.96. The molecule has 1 aliphatic carbocycles. The Morgan fingerprint density at radius 1 is 1.21 bits per heavy atom. The van der Waals surface area contributed by atoms with Gasteiger partial charge >= 0.3 is 0 Å². The lowest BCUT2D eigenvalue weighted by Crippen LogP contribution is -2.66. The second kappa shape index (κ2) is 7.84. The van der Waals surface area contributed by atoms with E-state index in [-0.39, 0.29) is 0 Å². The van der Waals surface area contributed by atoms with Crippen LogP contribution in [0.2, 0.25) is 0 Å². The maximum atomic E-state index is 3.96. The normalized spacial score (nSPS) is 22.2. The number of rotatable bonds is 8. The van der Waals surface area contributed by atoms with Crippen molar-refractivity contribution in [2.24, 2.45) is 5.41 Å². The van der Waals surface area contributed by atoms with E-state index in [1.807, 2.05) is 0 Å². The molecule has 2 nitrogen and oxygen atoms in total. The second-order valence-electron chi connectivity index (χ2n) is 7.93. The van der Waals surface area contributed by atoms with E-state index in [0.717, 1.165) is 12.5 Å². The minimum Gasteiger partial charge on any atom is -0.307 e.